The number of amidine groups is 1. The molecule has 7 nitrogen and oxygen atoms in total. The van der Waals surface area contributed by atoms with Gasteiger partial charge in [0.05, 0.1) is 17.9 Å². The summed E-state index contributed by atoms with van der Waals surface area (Å²) < 4.78 is 5.28. The number of nitrogens with one attached hydrogen (secondary N) is 2. The average molecular weight is 453 g/mol. The highest BCUT2D eigenvalue weighted by Crippen LogP contribution is 2.33. The standard InChI is InChI=1S/C24H28N4O3S/c1-5-31-23(30)21-16(2)25-24(32-15-20(29)26-18-9-7-6-8-10-18)27-22(21)17-11-13-19(14-12-17)28(3)4/h6-14,22H,5,15H2,1-4H3,(H,25,27)(H,26,29)/t22-/m0/s1. The lowest BCUT2D eigenvalue weighted by atomic mass is 9.96. The summed E-state index contributed by atoms with van der Waals surface area (Å²) in [7, 11) is 3.95. The summed E-state index contributed by atoms with van der Waals surface area (Å²) in [5, 5.41) is 6.60. The van der Waals surface area contributed by atoms with Gasteiger partial charge in [-0.2, -0.15) is 0 Å². The Morgan fingerprint density at radius 2 is 1.81 bits per heavy atom. The number of esters is 1. The van der Waals surface area contributed by atoms with E-state index in [4.69, 9.17) is 9.73 Å². The van der Waals surface area contributed by atoms with Gasteiger partial charge in [-0.25, -0.2) is 9.79 Å². The van der Waals surface area contributed by atoms with E-state index in [1.165, 1.54) is 11.8 Å². The first-order valence-electron chi connectivity index (χ1n) is 10.4. The van der Waals surface area contributed by atoms with Crippen LogP contribution in [0.4, 0.5) is 11.4 Å². The Morgan fingerprint density at radius 3 is 2.44 bits per heavy atom. The van der Waals surface area contributed by atoms with Gasteiger partial charge in [0.25, 0.3) is 0 Å². The van der Waals surface area contributed by atoms with E-state index in [-0.39, 0.29) is 18.3 Å². The van der Waals surface area contributed by atoms with Crippen LogP contribution < -0.4 is 15.5 Å². The topological polar surface area (TPSA) is 83.0 Å². The van der Waals surface area contributed by atoms with Crippen molar-refractivity contribution >= 4 is 40.2 Å². The van der Waals surface area contributed by atoms with E-state index in [1.807, 2.05) is 80.5 Å². The van der Waals surface area contributed by atoms with Crippen molar-refractivity contribution in [3.05, 3.63) is 71.4 Å². The number of rotatable bonds is 7. The molecule has 3 rings (SSSR count). The quantitative estimate of drug-likeness (QED) is 0.619. The van der Waals surface area contributed by atoms with Gasteiger partial charge in [0.1, 0.15) is 6.04 Å². The summed E-state index contributed by atoms with van der Waals surface area (Å²) in [6.45, 7) is 3.89. The predicted molar refractivity (Wildman–Crippen MR) is 131 cm³/mol. The number of thioether (sulfide) groups is 1. The number of anilines is 2. The Kier molecular flexibility index (Phi) is 7.94. The largest absolute Gasteiger partial charge is 0.463 e. The monoisotopic (exact) mass is 452 g/mol. The van der Waals surface area contributed by atoms with Crippen LogP contribution in [0.15, 0.2) is 70.9 Å². The molecule has 2 N–H and O–H groups in total. The molecule has 1 atom stereocenters. The first-order chi connectivity index (χ1) is 15.4. The summed E-state index contributed by atoms with van der Waals surface area (Å²) in [5.74, 6) is -0.334. The molecule has 1 aliphatic heterocycles. The highest BCUT2D eigenvalue weighted by Gasteiger charge is 2.30. The number of allylic oxidation sites excluding steroid dienone is 1. The maximum absolute atomic E-state index is 12.7. The molecule has 168 valence electrons. The van der Waals surface area contributed by atoms with Crippen LogP contribution in [-0.4, -0.2) is 43.5 Å². The van der Waals surface area contributed by atoms with Crippen LogP contribution in [0.2, 0.25) is 0 Å². The summed E-state index contributed by atoms with van der Waals surface area (Å²) in [6.07, 6.45) is 0. The molecule has 32 heavy (non-hydrogen) atoms. The molecule has 8 heteroatoms. The number of aliphatic imine (C=N–C) groups is 1. The molecule has 1 aliphatic rings. The molecular formula is C24H28N4O3S. The first-order valence-corrected chi connectivity index (χ1v) is 11.3. The minimum absolute atomic E-state index is 0.129. The molecule has 0 saturated carbocycles. The van der Waals surface area contributed by atoms with Crippen LogP contribution in [0, 0.1) is 0 Å². The Bertz CT molecular complexity index is 1020. The van der Waals surface area contributed by atoms with E-state index in [2.05, 4.69) is 10.6 Å². The molecule has 0 bridgehead atoms. The molecule has 0 radical (unpaired) electrons. The lowest BCUT2D eigenvalue weighted by molar-refractivity contribution is -0.139. The Labute approximate surface area is 192 Å². The summed E-state index contributed by atoms with van der Waals surface area (Å²) in [6, 6.07) is 16.7. The lowest BCUT2D eigenvalue weighted by Crippen LogP contribution is -2.31. The SMILES string of the molecule is CCOC(=O)C1=C(C)NC(SCC(=O)Nc2ccccc2)=N[C@H]1c1ccc(N(C)C)cc1. The third kappa shape index (κ3) is 5.91. The van der Waals surface area contributed by atoms with Crippen LogP contribution in [0.5, 0.6) is 0 Å². The molecule has 1 heterocycles. The maximum atomic E-state index is 12.7. The number of carbonyl (C=O) groups excluding carboxylic acids is 2. The Morgan fingerprint density at radius 1 is 1.12 bits per heavy atom. The molecule has 2 aromatic carbocycles. The maximum Gasteiger partial charge on any atom is 0.338 e. The molecule has 0 unspecified atom stereocenters. The van der Waals surface area contributed by atoms with E-state index in [9.17, 15) is 9.59 Å². The Balaban J connectivity index is 1.79. The number of benzene rings is 2. The molecule has 0 fully saturated rings. The molecule has 0 aromatic heterocycles. The highest BCUT2D eigenvalue weighted by atomic mass is 32.2. The van der Waals surface area contributed by atoms with Gasteiger partial charge in [0.2, 0.25) is 5.91 Å². The smallest absolute Gasteiger partial charge is 0.338 e. The fourth-order valence-electron chi connectivity index (χ4n) is 3.24. The van der Waals surface area contributed by atoms with Gasteiger partial charge in [-0.15, -0.1) is 0 Å². The van der Waals surface area contributed by atoms with Crippen molar-refractivity contribution in [3.8, 4) is 0 Å². The van der Waals surface area contributed by atoms with E-state index >= 15 is 0 Å². The Hall–Kier alpha value is -3.26. The molecule has 0 aliphatic carbocycles. The number of hydrogen-bond acceptors (Lipinski definition) is 7. The van der Waals surface area contributed by atoms with Crippen LogP contribution >= 0.6 is 11.8 Å². The van der Waals surface area contributed by atoms with Crippen molar-refractivity contribution in [1.82, 2.24) is 5.32 Å². The molecule has 1 amide bonds. The van der Waals surface area contributed by atoms with E-state index in [0.29, 0.717) is 16.4 Å². The molecule has 0 spiro atoms. The second kappa shape index (κ2) is 10.9. The fourth-order valence-corrected chi connectivity index (χ4v) is 3.99. The van der Waals surface area contributed by atoms with Gasteiger partial charge in [0, 0.05) is 31.2 Å². The first kappa shape index (κ1) is 23.4. The van der Waals surface area contributed by atoms with Crippen LogP contribution in [0.25, 0.3) is 0 Å². The number of amides is 1. The van der Waals surface area contributed by atoms with E-state index in [0.717, 1.165) is 16.9 Å². The van der Waals surface area contributed by atoms with Gasteiger partial charge < -0.3 is 20.3 Å². The fraction of sp³-hybridized carbons (Fsp3) is 0.292. The third-order valence-electron chi connectivity index (χ3n) is 4.84. The van der Waals surface area contributed by atoms with Gasteiger partial charge in [0.15, 0.2) is 5.17 Å². The number of nitrogens with zero attached hydrogens (tertiary/aromatic N) is 2. The van der Waals surface area contributed by atoms with Crippen molar-refractivity contribution in [3.63, 3.8) is 0 Å². The molecule has 2 aromatic rings. The number of carbonyl (C=O) groups is 2. The summed E-state index contributed by atoms with van der Waals surface area (Å²) in [4.78, 5) is 31.8. The average Bonchev–Trinajstić information content (AvgIpc) is 2.78. The van der Waals surface area contributed by atoms with E-state index in [1.54, 1.807) is 6.92 Å². The van der Waals surface area contributed by atoms with Gasteiger partial charge in [-0.3, -0.25) is 4.79 Å². The van der Waals surface area contributed by atoms with Crippen molar-refractivity contribution in [1.29, 1.82) is 0 Å². The normalized spacial score (nSPS) is 15.5. The number of hydrogen-bond donors (Lipinski definition) is 2. The zero-order valence-electron chi connectivity index (χ0n) is 18.7. The van der Waals surface area contributed by atoms with Crippen molar-refractivity contribution in [2.24, 2.45) is 4.99 Å². The minimum Gasteiger partial charge on any atom is -0.463 e. The second-order valence-corrected chi connectivity index (χ2v) is 8.37. The van der Waals surface area contributed by atoms with Crippen molar-refractivity contribution < 1.29 is 14.3 Å². The van der Waals surface area contributed by atoms with Crippen molar-refractivity contribution in [2.75, 3.05) is 36.7 Å². The van der Waals surface area contributed by atoms with Gasteiger partial charge >= 0.3 is 5.97 Å². The van der Waals surface area contributed by atoms with E-state index < -0.39 is 12.0 Å². The van der Waals surface area contributed by atoms with Crippen LogP contribution in [-0.2, 0) is 14.3 Å². The molecule has 0 saturated heterocycles. The minimum atomic E-state index is -0.508. The van der Waals surface area contributed by atoms with Crippen LogP contribution in [0.1, 0.15) is 25.5 Å². The highest BCUT2D eigenvalue weighted by molar-refractivity contribution is 8.14. The van der Waals surface area contributed by atoms with Crippen molar-refractivity contribution in [2.45, 2.75) is 19.9 Å². The lowest BCUT2D eigenvalue weighted by Gasteiger charge is -2.26. The number of ether oxygens (including phenoxy) is 1. The zero-order chi connectivity index (χ0) is 23.1. The third-order valence-corrected chi connectivity index (χ3v) is 5.72. The second-order valence-electron chi connectivity index (χ2n) is 7.41. The van der Waals surface area contributed by atoms with Crippen LogP contribution in [0.3, 0.4) is 0 Å². The summed E-state index contributed by atoms with van der Waals surface area (Å²) in [5.41, 5.74) is 3.83. The van der Waals surface area contributed by atoms with Gasteiger partial charge in [-0.05, 0) is 43.7 Å². The predicted octanol–water partition coefficient (Wildman–Crippen LogP) is 3.96. The van der Waals surface area contributed by atoms with Gasteiger partial charge in [-0.1, -0.05) is 42.1 Å². The zero-order valence-corrected chi connectivity index (χ0v) is 19.5. The summed E-state index contributed by atoms with van der Waals surface area (Å²) >= 11 is 1.29. The molecular weight excluding hydrogens is 424 g/mol. The number of para-hydroxylation sites is 1.